The van der Waals surface area contributed by atoms with Crippen molar-refractivity contribution in [1.82, 2.24) is 20.3 Å². The molecule has 1 aromatic carbocycles. The number of carboxylic acids is 1. The van der Waals surface area contributed by atoms with Crippen LogP contribution in [0.15, 0.2) is 30.5 Å². The molecule has 1 heterocycles. The van der Waals surface area contributed by atoms with Crippen LogP contribution in [0.4, 0.5) is 0 Å². The van der Waals surface area contributed by atoms with Crippen molar-refractivity contribution in [2.24, 2.45) is 13.0 Å². The number of aryl methyl sites for hydroxylation is 1. The van der Waals surface area contributed by atoms with Gasteiger partial charge in [-0.05, 0) is 42.9 Å². The Kier molecular flexibility index (Phi) is 4.76. The molecule has 1 saturated carbocycles. The third-order valence-electron chi connectivity index (χ3n) is 4.88. The molecule has 7 nitrogen and oxygen atoms in total. The average Bonchev–Trinajstić information content (AvgIpc) is 3.17. The number of carboxylic acid groups (broad SMARTS) is 1. The summed E-state index contributed by atoms with van der Waals surface area (Å²) in [5.74, 6) is -1.68. The highest BCUT2D eigenvalue weighted by Crippen LogP contribution is 2.38. The molecule has 1 fully saturated rings. The summed E-state index contributed by atoms with van der Waals surface area (Å²) in [5.41, 5.74) is -0.0581. The van der Waals surface area contributed by atoms with Crippen LogP contribution in [0.25, 0.3) is 0 Å². The van der Waals surface area contributed by atoms with Crippen LogP contribution in [-0.2, 0) is 18.3 Å². The molecule has 0 saturated heterocycles. The smallest absolute Gasteiger partial charge is 0.329 e. The van der Waals surface area contributed by atoms with E-state index in [9.17, 15) is 14.7 Å². The topological polar surface area (TPSA) is 97.1 Å². The van der Waals surface area contributed by atoms with E-state index in [1.807, 2.05) is 12.1 Å². The Bertz CT molecular complexity index is 789. The number of aromatic nitrogens is 3. The molecule has 3 rings (SSSR count). The van der Waals surface area contributed by atoms with Crippen molar-refractivity contribution in [3.63, 3.8) is 0 Å². The van der Waals surface area contributed by atoms with Crippen LogP contribution in [0.2, 0.25) is 5.02 Å². The van der Waals surface area contributed by atoms with E-state index in [-0.39, 0.29) is 11.6 Å². The van der Waals surface area contributed by atoms with Crippen molar-refractivity contribution in [1.29, 1.82) is 0 Å². The van der Waals surface area contributed by atoms with E-state index in [0.717, 1.165) is 18.4 Å². The molecular weight excluding hydrogens is 344 g/mol. The van der Waals surface area contributed by atoms with Gasteiger partial charge < -0.3 is 10.4 Å². The number of halogens is 1. The first-order chi connectivity index (χ1) is 11.9. The van der Waals surface area contributed by atoms with Crippen molar-refractivity contribution in [2.45, 2.75) is 31.2 Å². The number of carbonyl (C=O) groups excluding carboxylic acids is 1. The lowest BCUT2D eigenvalue weighted by molar-refractivity contribution is -0.146. The number of carbonyl (C=O) groups is 2. The lowest BCUT2D eigenvalue weighted by atomic mass is 9.82. The van der Waals surface area contributed by atoms with Gasteiger partial charge in [-0.15, -0.1) is 5.10 Å². The minimum atomic E-state index is -1.29. The highest BCUT2D eigenvalue weighted by Gasteiger charge is 2.50. The Balaban J connectivity index is 1.84. The molecule has 2 aromatic rings. The number of hydrogen-bond donors (Lipinski definition) is 2. The summed E-state index contributed by atoms with van der Waals surface area (Å²) in [4.78, 5) is 24.6. The van der Waals surface area contributed by atoms with Crippen molar-refractivity contribution in [3.8, 4) is 0 Å². The summed E-state index contributed by atoms with van der Waals surface area (Å²) in [7, 11) is 1.59. The second-order valence-corrected chi connectivity index (χ2v) is 6.83. The highest BCUT2D eigenvalue weighted by atomic mass is 35.5. The van der Waals surface area contributed by atoms with Gasteiger partial charge in [-0.2, -0.15) is 0 Å². The fraction of sp³-hybridized carbons (Fsp3) is 0.412. The number of hydrogen-bond acceptors (Lipinski definition) is 4. The number of benzene rings is 1. The van der Waals surface area contributed by atoms with Gasteiger partial charge in [0, 0.05) is 12.1 Å². The molecule has 25 heavy (non-hydrogen) atoms. The zero-order valence-electron chi connectivity index (χ0n) is 13.8. The quantitative estimate of drug-likeness (QED) is 0.848. The Morgan fingerprint density at radius 2 is 2.12 bits per heavy atom. The van der Waals surface area contributed by atoms with Crippen molar-refractivity contribution in [2.75, 3.05) is 0 Å². The van der Waals surface area contributed by atoms with Crippen LogP contribution >= 0.6 is 11.6 Å². The standard InChI is InChI=1S/C17H19ClN4O3/c1-22-14(10-19-21-22)15(23)20-17(16(24)25)8-2-3-12(17)9-11-4-6-13(18)7-5-11/h4-7,10,12H,2-3,8-9H2,1H3,(H,20,23)(H,24,25). The first-order valence-electron chi connectivity index (χ1n) is 8.07. The molecule has 132 valence electrons. The summed E-state index contributed by atoms with van der Waals surface area (Å²) in [5, 5.41) is 20.7. The summed E-state index contributed by atoms with van der Waals surface area (Å²) in [6, 6.07) is 7.35. The van der Waals surface area contributed by atoms with Gasteiger partial charge in [0.2, 0.25) is 0 Å². The molecule has 0 spiro atoms. The van der Waals surface area contributed by atoms with Crippen LogP contribution in [0.5, 0.6) is 0 Å². The van der Waals surface area contributed by atoms with Gasteiger partial charge in [-0.3, -0.25) is 4.79 Å². The van der Waals surface area contributed by atoms with Gasteiger partial charge in [-0.1, -0.05) is 35.4 Å². The predicted octanol–water partition coefficient (Wildman–Crippen LogP) is 2.06. The van der Waals surface area contributed by atoms with E-state index in [4.69, 9.17) is 11.6 Å². The number of nitrogens with zero attached hydrogens (tertiary/aromatic N) is 3. The first-order valence-corrected chi connectivity index (χ1v) is 8.45. The van der Waals surface area contributed by atoms with Gasteiger partial charge in [-0.25, -0.2) is 9.48 Å². The van der Waals surface area contributed by atoms with E-state index in [1.165, 1.54) is 10.9 Å². The van der Waals surface area contributed by atoms with Gasteiger partial charge in [0.25, 0.3) is 5.91 Å². The highest BCUT2D eigenvalue weighted by molar-refractivity contribution is 6.30. The summed E-state index contributed by atoms with van der Waals surface area (Å²) in [6.45, 7) is 0. The lowest BCUT2D eigenvalue weighted by Gasteiger charge is -2.32. The van der Waals surface area contributed by atoms with E-state index in [1.54, 1.807) is 19.2 Å². The molecule has 2 N–H and O–H groups in total. The molecule has 1 amide bonds. The third-order valence-corrected chi connectivity index (χ3v) is 5.13. The third kappa shape index (κ3) is 3.37. The number of rotatable bonds is 5. The maximum atomic E-state index is 12.5. The van der Waals surface area contributed by atoms with Crippen LogP contribution in [0.1, 0.15) is 35.3 Å². The number of nitrogens with one attached hydrogen (secondary N) is 1. The number of amides is 1. The van der Waals surface area contributed by atoms with E-state index in [0.29, 0.717) is 17.9 Å². The van der Waals surface area contributed by atoms with Gasteiger partial charge in [0.1, 0.15) is 11.2 Å². The SMILES string of the molecule is Cn1nncc1C(=O)NC1(C(=O)O)CCCC1Cc1ccc(Cl)cc1. The van der Waals surface area contributed by atoms with Crippen LogP contribution in [0.3, 0.4) is 0 Å². The molecule has 1 aliphatic carbocycles. The minimum absolute atomic E-state index is 0.198. The van der Waals surface area contributed by atoms with Crippen LogP contribution in [-0.4, -0.2) is 37.5 Å². The van der Waals surface area contributed by atoms with Gasteiger partial charge in [0.15, 0.2) is 0 Å². The summed E-state index contributed by atoms with van der Waals surface area (Å²) < 4.78 is 1.33. The molecule has 8 heteroatoms. The molecule has 0 bridgehead atoms. The minimum Gasteiger partial charge on any atom is -0.479 e. The Morgan fingerprint density at radius 1 is 1.40 bits per heavy atom. The lowest BCUT2D eigenvalue weighted by Crippen LogP contribution is -2.57. The fourth-order valence-corrected chi connectivity index (χ4v) is 3.65. The van der Waals surface area contributed by atoms with Crippen molar-refractivity contribution in [3.05, 3.63) is 46.7 Å². The predicted molar refractivity (Wildman–Crippen MR) is 91.3 cm³/mol. The number of aliphatic carboxylic acids is 1. The zero-order valence-corrected chi connectivity index (χ0v) is 14.5. The molecule has 2 atom stereocenters. The van der Waals surface area contributed by atoms with Crippen LogP contribution in [0, 0.1) is 5.92 Å². The van der Waals surface area contributed by atoms with Crippen molar-refractivity contribution < 1.29 is 14.7 Å². The molecular formula is C17H19ClN4O3. The van der Waals surface area contributed by atoms with Gasteiger partial charge in [0.05, 0.1) is 6.20 Å². The zero-order chi connectivity index (χ0) is 18.0. The Morgan fingerprint density at radius 3 is 2.72 bits per heavy atom. The largest absolute Gasteiger partial charge is 0.479 e. The van der Waals surface area contributed by atoms with E-state index in [2.05, 4.69) is 15.6 Å². The molecule has 0 radical (unpaired) electrons. The van der Waals surface area contributed by atoms with Crippen LogP contribution < -0.4 is 5.32 Å². The van der Waals surface area contributed by atoms with E-state index >= 15 is 0 Å². The average molecular weight is 363 g/mol. The molecule has 2 unspecified atom stereocenters. The van der Waals surface area contributed by atoms with Gasteiger partial charge >= 0.3 is 5.97 Å². The second kappa shape index (κ2) is 6.84. The second-order valence-electron chi connectivity index (χ2n) is 6.39. The summed E-state index contributed by atoms with van der Waals surface area (Å²) >= 11 is 5.91. The maximum absolute atomic E-state index is 12.5. The molecule has 1 aliphatic rings. The first kappa shape index (κ1) is 17.4. The Labute approximate surface area is 150 Å². The summed E-state index contributed by atoms with van der Waals surface area (Å²) in [6.07, 6.45) is 3.77. The maximum Gasteiger partial charge on any atom is 0.329 e. The normalized spacial score (nSPS) is 22.7. The Hall–Kier alpha value is -2.41. The van der Waals surface area contributed by atoms with E-state index < -0.39 is 17.4 Å². The van der Waals surface area contributed by atoms with Crippen molar-refractivity contribution >= 4 is 23.5 Å². The monoisotopic (exact) mass is 362 g/mol. The molecule has 1 aromatic heterocycles. The fourth-order valence-electron chi connectivity index (χ4n) is 3.52. The molecule has 0 aliphatic heterocycles.